The second-order valence-corrected chi connectivity index (χ2v) is 6.34. The third-order valence-electron chi connectivity index (χ3n) is 4.80. The zero-order chi connectivity index (χ0) is 14.4. The van der Waals surface area contributed by atoms with Crippen molar-refractivity contribution in [3.8, 4) is 0 Å². The molecule has 1 aromatic carbocycles. The van der Waals surface area contributed by atoms with E-state index in [1.54, 1.807) is 5.56 Å². The van der Waals surface area contributed by atoms with Crippen LogP contribution >= 0.6 is 0 Å². The SMILES string of the molecule is CCCC(CCC)C(NCC)C1CC1c1ccccc1. The number of rotatable bonds is 9. The van der Waals surface area contributed by atoms with Crippen molar-refractivity contribution in [2.45, 2.75) is 64.8 Å². The van der Waals surface area contributed by atoms with Gasteiger partial charge in [0.2, 0.25) is 0 Å². The highest BCUT2D eigenvalue weighted by Gasteiger charge is 2.45. The monoisotopic (exact) mass is 273 g/mol. The van der Waals surface area contributed by atoms with E-state index in [1.807, 2.05) is 0 Å². The molecule has 112 valence electrons. The lowest BCUT2D eigenvalue weighted by Crippen LogP contribution is -2.38. The number of hydrogen-bond acceptors (Lipinski definition) is 1. The molecule has 20 heavy (non-hydrogen) atoms. The van der Waals surface area contributed by atoms with Crippen LogP contribution in [-0.2, 0) is 0 Å². The molecule has 0 radical (unpaired) electrons. The van der Waals surface area contributed by atoms with Gasteiger partial charge in [-0.3, -0.25) is 0 Å². The highest BCUT2D eigenvalue weighted by atomic mass is 14.9. The van der Waals surface area contributed by atoms with Gasteiger partial charge in [0.1, 0.15) is 0 Å². The fourth-order valence-electron chi connectivity index (χ4n) is 3.84. The van der Waals surface area contributed by atoms with Crippen molar-refractivity contribution in [1.29, 1.82) is 0 Å². The molecule has 3 unspecified atom stereocenters. The van der Waals surface area contributed by atoms with Crippen molar-refractivity contribution < 1.29 is 0 Å². The van der Waals surface area contributed by atoms with Gasteiger partial charge in [-0.1, -0.05) is 63.9 Å². The lowest BCUT2D eigenvalue weighted by atomic mass is 9.86. The molecule has 1 heteroatoms. The minimum absolute atomic E-state index is 0.727. The van der Waals surface area contributed by atoms with Gasteiger partial charge in [0.15, 0.2) is 0 Å². The predicted octanol–water partition coefficient (Wildman–Crippen LogP) is 4.98. The lowest BCUT2D eigenvalue weighted by molar-refractivity contribution is 0.284. The Bertz CT molecular complexity index is 367. The van der Waals surface area contributed by atoms with Gasteiger partial charge in [0.05, 0.1) is 0 Å². The van der Waals surface area contributed by atoms with Gasteiger partial charge in [0, 0.05) is 6.04 Å². The van der Waals surface area contributed by atoms with Gasteiger partial charge in [-0.05, 0) is 49.1 Å². The van der Waals surface area contributed by atoms with Gasteiger partial charge in [-0.15, -0.1) is 0 Å². The Morgan fingerprint density at radius 3 is 2.25 bits per heavy atom. The first-order chi connectivity index (χ1) is 9.81. The molecule has 0 aliphatic heterocycles. The highest BCUT2D eigenvalue weighted by Crippen LogP contribution is 2.51. The third-order valence-corrected chi connectivity index (χ3v) is 4.80. The molecule has 1 aliphatic carbocycles. The van der Waals surface area contributed by atoms with Crippen molar-refractivity contribution in [3.05, 3.63) is 35.9 Å². The summed E-state index contributed by atoms with van der Waals surface area (Å²) < 4.78 is 0. The Morgan fingerprint density at radius 2 is 1.70 bits per heavy atom. The van der Waals surface area contributed by atoms with E-state index in [9.17, 15) is 0 Å². The van der Waals surface area contributed by atoms with Crippen molar-refractivity contribution in [2.24, 2.45) is 11.8 Å². The summed E-state index contributed by atoms with van der Waals surface area (Å²) in [5, 5.41) is 3.81. The first kappa shape index (κ1) is 15.6. The normalized spacial score (nSPS) is 23.0. The fraction of sp³-hybridized carbons (Fsp3) is 0.684. The second kappa shape index (κ2) is 7.83. The average molecular weight is 273 g/mol. The molecular weight excluding hydrogens is 242 g/mol. The molecule has 1 fully saturated rings. The summed E-state index contributed by atoms with van der Waals surface area (Å²) in [5.41, 5.74) is 1.55. The molecule has 2 rings (SSSR count). The average Bonchev–Trinajstić information content (AvgIpc) is 3.26. The second-order valence-electron chi connectivity index (χ2n) is 6.34. The Balaban J connectivity index is 2.02. The van der Waals surface area contributed by atoms with E-state index in [1.165, 1.54) is 32.1 Å². The molecule has 0 aromatic heterocycles. The van der Waals surface area contributed by atoms with E-state index < -0.39 is 0 Å². The molecule has 1 N–H and O–H groups in total. The van der Waals surface area contributed by atoms with Crippen LogP contribution in [0.15, 0.2) is 30.3 Å². The maximum absolute atomic E-state index is 3.81. The molecule has 1 aromatic rings. The van der Waals surface area contributed by atoms with E-state index in [2.05, 4.69) is 56.4 Å². The number of benzene rings is 1. The molecular formula is C19H31N. The van der Waals surface area contributed by atoms with Gasteiger partial charge in [0.25, 0.3) is 0 Å². The minimum atomic E-state index is 0.727. The van der Waals surface area contributed by atoms with Crippen LogP contribution in [0.3, 0.4) is 0 Å². The molecule has 3 atom stereocenters. The molecule has 0 amide bonds. The van der Waals surface area contributed by atoms with Crippen LogP contribution in [0.25, 0.3) is 0 Å². The quantitative estimate of drug-likeness (QED) is 0.668. The minimum Gasteiger partial charge on any atom is -0.314 e. The largest absolute Gasteiger partial charge is 0.314 e. The Morgan fingerprint density at radius 1 is 1.05 bits per heavy atom. The zero-order valence-electron chi connectivity index (χ0n) is 13.4. The van der Waals surface area contributed by atoms with Crippen LogP contribution in [0, 0.1) is 11.8 Å². The van der Waals surface area contributed by atoms with Crippen LogP contribution in [0.2, 0.25) is 0 Å². The molecule has 1 nitrogen and oxygen atoms in total. The van der Waals surface area contributed by atoms with Crippen molar-refractivity contribution >= 4 is 0 Å². The van der Waals surface area contributed by atoms with Crippen molar-refractivity contribution in [2.75, 3.05) is 6.54 Å². The summed E-state index contributed by atoms with van der Waals surface area (Å²) in [5.74, 6) is 2.53. The Labute approximate surface area is 125 Å². The van der Waals surface area contributed by atoms with Gasteiger partial charge in [-0.25, -0.2) is 0 Å². The van der Waals surface area contributed by atoms with Crippen molar-refractivity contribution in [3.63, 3.8) is 0 Å². The number of hydrogen-bond donors (Lipinski definition) is 1. The summed E-state index contributed by atoms with van der Waals surface area (Å²) >= 11 is 0. The topological polar surface area (TPSA) is 12.0 Å². The van der Waals surface area contributed by atoms with E-state index >= 15 is 0 Å². The number of nitrogens with one attached hydrogen (secondary N) is 1. The van der Waals surface area contributed by atoms with Crippen molar-refractivity contribution in [1.82, 2.24) is 5.32 Å². The maximum Gasteiger partial charge on any atom is 0.0129 e. The van der Waals surface area contributed by atoms with E-state index in [0.717, 1.165) is 30.3 Å². The highest BCUT2D eigenvalue weighted by molar-refractivity contribution is 5.26. The van der Waals surface area contributed by atoms with E-state index in [-0.39, 0.29) is 0 Å². The van der Waals surface area contributed by atoms with Gasteiger partial charge in [-0.2, -0.15) is 0 Å². The molecule has 0 saturated heterocycles. The van der Waals surface area contributed by atoms with E-state index in [4.69, 9.17) is 0 Å². The molecule has 1 saturated carbocycles. The first-order valence-electron chi connectivity index (χ1n) is 8.60. The smallest absolute Gasteiger partial charge is 0.0129 e. The van der Waals surface area contributed by atoms with E-state index in [0.29, 0.717) is 0 Å². The van der Waals surface area contributed by atoms with Crippen LogP contribution < -0.4 is 5.32 Å². The summed E-state index contributed by atoms with van der Waals surface area (Å²) in [4.78, 5) is 0. The van der Waals surface area contributed by atoms with Gasteiger partial charge >= 0.3 is 0 Å². The van der Waals surface area contributed by atoms with Crippen LogP contribution in [0.4, 0.5) is 0 Å². The molecule has 0 bridgehead atoms. The Hall–Kier alpha value is -0.820. The lowest BCUT2D eigenvalue weighted by Gasteiger charge is -2.28. The fourth-order valence-corrected chi connectivity index (χ4v) is 3.84. The molecule has 0 spiro atoms. The maximum atomic E-state index is 3.81. The first-order valence-corrected chi connectivity index (χ1v) is 8.60. The zero-order valence-corrected chi connectivity index (χ0v) is 13.4. The van der Waals surface area contributed by atoms with Gasteiger partial charge < -0.3 is 5.32 Å². The third kappa shape index (κ3) is 3.85. The predicted molar refractivity (Wildman–Crippen MR) is 88.1 cm³/mol. The Kier molecular flexibility index (Phi) is 6.09. The summed E-state index contributed by atoms with van der Waals surface area (Å²) in [7, 11) is 0. The summed E-state index contributed by atoms with van der Waals surface area (Å²) in [6.45, 7) is 8.01. The molecule has 0 heterocycles. The standard InChI is InChI=1S/C19H31N/c1-4-10-16(11-5-2)19(20-6-3)18-14-17(18)15-12-8-7-9-13-15/h7-9,12-13,16-20H,4-6,10-11,14H2,1-3H3. The van der Waals surface area contributed by atoms with Crippen LogP contribution in [-0.4, -0.2) is 12.6 Å². The molecule has 1 aliphatic rings. The van der Waals surface area contributed by atoms with Crippen LogP contribution in [0.5, 0.6) is 0 Å². The summed E-state index contributed by atoms with van der Waals surface area (Å²) in [6.07, 6.45) is 6.77. The van der Waals surface area contributed by atoms with Crippen LogP contribution in [0.1, 0.15) is 64.4 Å². The summed E-state index contributed by atoms with van der Waals surface area (Å²) in [6, 6.07) is 11.8.